The fourth-order valence-electron chi connectivity index (χ4n) is 4.54. The van der Waals surface area contributed by atoms with Gasteiger partial charge in [0.1, 0.15) is 24.7 Å². The molecule has 0 bridgehead atoms. The molecule has 0 atom stereocenters. The number of esters is 1. The van der Waals surface area contributed by atoms with E-state index in [0.29, 0.717) is 50.5 Å². The molecule has 3 heterocycles. The predicted molar refractivity (Wildman–Crippen MR) is 136 cm³/mol. The zero-order chi connectivity index (χ0) is 27.9. The summed E-state index contributed by atoms with van der Waals surface area (Å²) in [4.78, 5) is 52.8. The van der Waals surface area contributed by atoms with E-state index in [0.717, 1.165) is 4.90 Å². The highest BCUT2D eigenvalue weighted by atomic mass is 16.6. The summed E-state index contributed by atoms with van der Waals surface area (Å²) in [5.41, 5.74) is 0.341. The zero-order valence-corrected chi connectivity index (χ0v) is 21.9. The number of carbonyl (C=O) groups excluding carboxylic acids is 4. The molecule has 1 aromatic heterocycles. The van der Waals surface area contributed by atoms with Crippen LogP contribution in [-0.4, -0.2) is 108 Å². The Morgan fingerprint density at radius 1 is 1.15 bits per heavy atom. The van der Waals surface area contributed by atoms with Gasteiger partial charge in [0.2, 0.25) is 0 Å². The average molecular weight is 542 g/mol. The minimum Gasteiger partial charge on any atom is -0.497 e. The van der Waals surface area contributed by atoms with Crippen molar-refractivity contribution in [3.63, 3.8) is 0 Å². The molecule has 2 saturated heterocycles. The first-order chi connectivity index (χ1) is 18.9. The minimum absolute atomic E-state index is 0.0241. The quantitative estimate of drug-likeness (QED) is 0.359. The lowest BCUT2D eigenvalue weighted by atomic mass is 10.0. The Bertz CT molecular complexity index is 1220. The number of hydrogen-bond donors (Lipinski definition) is 0. The van der Waals surface area contributed by atoms with E-state index in [2.05, 4.69) is 11.7 Å². The smallest absolute Gasteiger partial charge is 0.417 e. The number of aromatic nitrogens is 2. The summed E-state index contributed by atoms with van der Waals surface area (Å²) in [6.07, 6.45) is 1.37. The Morgan fingerprint density at radius 3 is 2.49 bits per heavy atom. The summed E-state index contributed by atoms with van der Waals surface area (Å²) in [7, 11) is 2.74. The molecule has 2 aromatic rings. The number of hydrazine groups is 1. The van der Waals surface area contributed by atoms with E-state index in [1.807, 2.05) is 5.01 Å². The number of hydrogen-bond acceptors (Lipinski definition) is 10. The van der Waals surface area contributed by atoms with E-state index < -0.39 is 24.0 Å². The molecule has 2 aliphatic rings. The Morgan fingerprint density at radius 2 is 1.87 bits per heavy atom. The van der Waals surface area contributed by atoms with Gasteiger partial charge in [-0.15, -0.1) is 0 Å². The second-order valence-corrected chi connectivity index (χ2v) is 8.81. The number of nitrogens with zero attached hydrogens (tertiary/aromatic N) is 5. The number of piperidine rings is 1. The van der Waals surface area contributed by atoms with Crippen molar-refractivity contribution in [1.82, 2.24) is 24.7 Å². The fourth-order valence-corrected chi connectivity index (χ4v) is 4.54. The number of imide groups is 1. The molecule has 0 aliphatic carbocycles. The largest absolute Gasteiger partial charge is 0.497 e. The van der Waals surface area contributed by atoms with Gasteiger partial charge in [-0.3, -0.25) is 14.6 Å². The minimum atomic E-state index is -0.845. The van der Waals surface area contributed by atoms with Crippen LogP contribution in [0.4, 0.5) is 4.79 Å². The summed E-state index contributed by atoms with van der Waals surface area (Å²) < 4.78 is 21.8. The van der Waals surface area contributed by atoms with E-state index in [4.69, 9.17) is 18.9 Å². The van der Waals surface area contributed by atoms with Gasteiger partial charge in [0.25, 0.3) is 11.8 Å². The third kappa shape index (κ3) is 6.10. The number of amides is 3. The van der Waals surface area contributed by atoms with E-state index in [9.17, 15) is 19.2 Å². The predicted octanol–water partition coefficient (Wildman–Crippen LogP) is 1.67. The molecule has 0 spiro atoms. The van der Waals surface area contributed by atoms with Crippen molar-refractivity contribution in [2.45, 2.75) is 18.9 Å². The van der Waals surface area contributed by atoms with Crippen LogP contribution < -0.4 is 4.74 Å². The molecule has 2 fully saturated rings. The van der Waals surface area contributed by atoms with Crippen LogP contribution in [0.25, 0.3) is 5.69 Å². The molecular weight excluding hydrogens is 510 g/mol. The Balaban J connectivity index is 1.64. The van der Waals surface area contributed by atoms with Crippen LogP contribution in [0, 0.1) is 0 Å². The lowest BCUT2D eigenvalue weighted by molar-refractivity contribution is -0.168. The number of benzene rings is 1. The van der Waals surface area contributed by atoms with Crippen LogP contribution in [-0.2, 0) is 19.0 Å². The summed E-state index contributed by atoms with van der Waals surface area (Å²) in [6.45, 7) is 5.29. The van der Waals surface area contributed by atoms with Crippen LogP contribution in [0.15, 0.2) is 43.0 Å². The molecule has 3 amide bonds. The van der Waals surface area contributed by atoms with Gasteiger partial charge in [0.05, 0.1) is 33.1 Å². The Labute approximate surface area is 225 Å². The van der Waals surface area contributed by atoms with E-state index in [-0.39, 0.29) is 30.5 Å². The van der Waals surface area contributed by atoms with Crippen molar-refractivity contribution < 1.29 is 38.1 Å². The molecular formula is C26H31N5O8. The SMILES string of the molecule is C=CCOC(=O)N(C(=O)c1cc(C(=O)OC)nn1-c1ccc(OC)cc1)C1CCN(N2CCOCC2=O)CC1. The van der Waals surface area contributed by atoms with Crippen LogP contribution in [0.3, 0.4) is 0 Å². The molecule has 13 nitrogen and oxygen atoms in total. The molecule has 13 heteroatoms. The van der Waals surface area contributed by atoms with Crippen molar-refractivity contribution in [3.05, 3.63) is 54.4 Å². The summed E-state index contributed by atoms with van der Waals surface area (Å²) in [5, 5.41) is 7.85. The number of methoxy groups -OCH3 is 2. The molecule has 4 rings (SSSR count). The lowest BCUT2D eigenvalue weighted by Crippen LogP contribution is -2.57. The standard InChI is InChI=1S/C26H31N5O8/c1-4-14-39-26(35)30(18-9-11-28(12-10-18)29-13-15-38-17-23(29)32)24(33)22-16-21(25(34)37-3)27-31(22)19-5-7-20(36-2)8-6-19/h4-8,16,18H,1,9-15,17H2,2-3H3. The Hall–Kier alpha value is -4.23. The summed E-state index contributed by atoms with van der Waals surface area (Å²) in [5.74, 6) is -0.965. The normalized spacial score (nSPS) is 16.5. The van der Waals surface area contributed by atoms with Gasteiger partial charge in [-0.25, -0.2) is 24.2 Å². The van der Waals surface area contributed by atoms with Crippen LogP contribution in [0.5, 0.6) is 5.75 Å². The van der Waals surface area contributed by atoms with E-state index >= 15 is 0 Å². The molecule has 0 radical (unpaired) electrons. The topological polar surface area (TPSA) is 133 Å². The number of carbonyl (C=O) groups is 4. The van der Waals surface area contributed by atoms with Crippen LogP contribution >= 0.6 is 0 Å². The van der Waals surface area contributed by atoms with Gasteiger partial charge < -0.3 is 18.9 Å². The van der Waals surface area contributed by atoms with Crippen LogP contribution in [0.1, 0.15) is 33.8 Å². The lowest BCUT2D eigenvalue weighted by Gasteiger charge is -2.42. The highest BCUT2D eigenvalue weighted by Crippen LogP contribution is 2.24. The molecule has 0 saturated carbocycles. The first-order valence-electron chi connectivity index (χ1n) is 12.4. The highest BCUT2D eigenvalue weighted by Gasteiger charge is 2.38. The Kier molecular flexibility index (Phi) is 8.94. The van der Waals surface area contributed by atoms with Crippen molar-refractivity contribution in [1.29, 1.82) is 0 Å². The maximum absolute atomic E-state index is 14.0. The van der Waals surface area contributed by atoms with E-state index in [1.165, 1.54) is 31.0 Å². The highest BCUT2D eigenvalue weighted by molar-refractivity contribution is 6.04. The molecule has 1 aromatic carbocycles. The van der Waals surface area contributed by atoms with Crippen molar-refractivity contribution in [2.75, 3.05) is 53.7 Å². The number of ether oxygens (including phenoxy) is 4. The molecule has 208 valence electrons. The molecule has 2 aliphatic heterocycles. The van der Waals surface area contributed by atoms with Gasteiger partial charge in [0, 0.05) is 25.2 Å². The van der Waals surface area contributed by atoms with Crippen molar-refractivity contribution in [2.24, 2.45) is 0 Å². The van der Waals surface area contributed by atoms with Crippen molar-refractivity contribution >= 4 is 23.9 Å². The fraction of sp³-hybridized carbons (Fsp3) is 0.423. The van der Waals surface area contributed by atoms with Gasteiger partial charge in [0.15, 0.2) is 5.69 Å². The third-order valence-corrected chi connectivity index (χ3v) is 6.49. The summed E-state index contributed by atoms with van der Waals surface area (Å²) >= 11 is 0. The molecule has 39 heavy (non-hydrogen) atoms. The van der Waals surface area contributed by atoms with Gasteiger partial charge in [-0.05, 0) is 37.1 Å². The van der Waals surface area contributed by atoms with Gasteiger partial charge in [-0.2, -0.15) is 5.10 Å². The number of rotatable bonds is 8. The van der Waals surface area contributed by atoms with Crippen LogP contribution in [0.2, 0.25) is 0 Å². The maximum atomic E-state index is 14.0. The second kappa shape index (κ2) is 12.5. The summed E-state index contributed by atoms with van der Waals surface area (Å²) in [6, 6.07) is 7.46. The van der Waals surface area contributed by atoms with Gasteiger partial charge >= 0.3 is 12.1 Å². The van der Waals surface area contributed by atoms with E-state index in [1.54, 1.807) is 29.3 Å². The third-order valence-electron chi connectivity index (χ3n) is 6.49. The first-order valence-corrected chi connectivity index (χ1v) is 12.4. The molecule has 0 N–H and O–H groups in total. The maximum Gasteiger partial charge on any atom is 0.417 e. The average Bonchev–Trinajstić information content (AvgIpc) is 3.42. The first kappa shape index (κ1) is 27.8. The molecule has 0 unspecified atom stereocenters. The van der Waals surface area contributed by atoms with Gasteiger partial charge in [-0.1, -0.05) is 12.7 Å². The van der Waals surface area contributed by atoms with Crippen molar-refractivity contribution in [3.8, 4) is 11.4 Å². The monoisotopic (exact) mass is 541 g/mol. The second-order valence-electron chi connectivity index (χ2n) is 8.81. The number of morpholine rings is 1. The zero-order valence-electron chi connectivity index (χ0n) is 21.9.